The van der Waals surface area contributed by atoms with Gasteiger partial charge in [-0.1, -0.05) is 5.16 Å². The third-order valence-corrected chi connectivity index (χ3v) is 3.80. The van der Waals surface area contributed by atoms with Crippen LogP contribution in [0.15, 0.2) is 34.9 Å². The first-order chi connectivity index (χ1) is 9.35. The monoisotopic (exact) mass is 294 g/mol. The maximum Gasteiger partial charge on any atom is 0.238 e. The van der Waals surface area contributed by atoms with Crippen LogP contribution in [0.4, 0.5) is 5.69 Å². The lowest BCUT2D eigenvalue weighted by molar-refractivity contribution is 0.101. The van der Waals surface area contributed by atoms with Gasteiger partial charge in [0.15, 0.2) is 5.78 Å². The predicted molar refractivity (Wildman–Crippen MR) is 73.9 cm³/mol. The molecule has 0 atom stereocenters. The fraction of sp³-hybridized carbons (Fsp3) is 0.231. The number of ketones is 1. The number of hydrogen-bond donors (Lipinski definition) is 1. The van der Waals surface area contributed by atoms with Crippen molar-refractivity contribution in [3.63, 3.8) is 0 Å². The molecule has 20 heavy (non-hydrogen) atoms. The van der Waals surface area contributed by atoms with Gasteiger partial charge in [0.05, 0.1) is 0 Å². The predicted octanol–water partition coefficient (Wildman–Crippen LogP) is 2.13. The van der Waals surface area contributed by atoms with Gasteiger partial charge in [-0.2, -0.15) is 0 Å². The third kappa shape index (κ3) is 3.67. The minimum absolute atomic E-state index is 0.0718. The number of anilines is 1. The number of aryl methyl sites for hydroxylation is 1. The van der Waals surface area contributed by atoms with E-state index in [1.807, 2.05) is 0 Å². The van der Waals surface area contributed by atoms with Crippen LogP contribution in [0.5, 0.6) is 0 Å². The molecule has 0 spiro atoms. The summed E-state index contributed by atoms with van der Waals surface area (Å²) in [6, 6.07) is 7.80. The van der Waals surface area contributed by atoms with Crippen LogP contribution >= 0.6 is 0 Å². The minimum Gasteiger partial charge on any atom is -0.361 e. The number of Topliss-reactive ketones (excluding diaryl/α,β-unsaturated/α-hetero) is 1. The normalized spacial score (nSPS) is 11.3. The summed E-state index contributed by atoms with van der Waals surface area (Å²) in [5.41, 5.74) is 1.27. The number of benzene rings is 1. The second kappa shape index (κ2) is 5.46. The Kier molecular flexibility index (Phi) is 3.89. The van der Waals surface area contributed by atoms with Crippen LogP contribution in [0.25, 0.3) is 0 Å². The smallest absolute Gasteiger partial charge is 0.238 e. The molecule has 0 fully saturated rings. The summed E-state index contributed by atoms with van der Waals surface area (Å²) in [7, 11) is -3.56. The maximum absolute atomic E-state index is 11.9. The van der Waals surface area contributed by atoms with Gasteiger partial charge < -0.3 is 4.52 Å². The van der Waals surface area contributed by atoms with E-state index in [9.17, 15) is 13.2 Å². The topological polar surface area (TPSA) is 89.3 Å². The van der Waals surface area contributed by atoms with Gasteiger partial charge in [0.1, 0.15) is 17.2 Å². The summed E-state index contributed by atoms with van der Waals surface area (Å²) < 4.78 is 31.1. The molecule has 1 N–H and O–H groups in total. The van der Waals surface area contributed by atoms with Crippen molar-refractivity contribution in [1.82, 2.24) is 5.16 Å². The van der Waals surface area contributed by atoms with Crippen molar-refractivity contribution in [1.29, 1.82) is 0 Å². The highest BCUT2D eigenvalue weighted by atomic mass is 32.2. The zero-order valence-electron chi connectivity index (χ0n) is 11.1. The molecule has 1 aromatic heterocycles. The van der Waals surface area contributed by atoms with Crippen LogP contribution < -0.4 is 4.72 Å². The van der Waals surface area contributed by atoms with Gasteiger partial charge in [0.25, 0.3) is 0 Å². The molecule has 0 bridgehead atoms. The molecule has 0 radical (unpaired) electrons. The van der Waals surface area contributed by atoms with Crippen molar-refractivity contribution in [2.45, 2.75) is 19.6 Å². The molecule has 2 aromatic rings. The van der Waals surface area contributed by atoms with Gasteiger partial charge in [-0.05, 0) is 38.1 Å². The molecule has 2 rings (SSSR count). The number of nitrogens with one attached hydrogen (secondary N) is 1. The molecular formula is C13H14N2O4S. The van der Waals surface area contributed by atoms with Gasteiger partial charge in [-0.3, -0.25) is 9.52 Å². The van der Waals surface area contributed by atoms with E-state index in [4.69, 9.17) is 4.52 Å². The van der Waals surface area contributed by atoms with E-state index in [1.54, 1.807) is 37.3 Å². The Morgan fingerprint density at radius 1 is 1.30 bits per heavy atom. The first-order valence-electron chi connectivity index (χ1n) is 5.89. The Labute approximate surface area is 116 Å². The van der Waals surface area contributed by atoms with Crippen LogP contribution in [0.1, 0.15) is 28.7 Å². The van der Waals surface area contributed by atoms with Crippen LogP contribution in [0, 0.1) is 6.92 Å². The van der Waals surface area contributed by atoms with Crippen LogP contribution in [-0.2, 0) is 15.8 Å². The molecule has 1 heterocycles. The quantitative estimate of drug-likeness (QED) is 0.853. The van der Waals surface area contributed by atoms with Gasteiger partial charge in [0.2, 0.25) is 10.0 Å². The van der Waals surface area contributed by atoms with E-state index in [0.717, 1.165) is 0 Å². The van der Waals surface area contributed by atoms with E-state index in [0.29, 0.717) is 22.7 Å². The third-order valence-electron chi connectivity index (χ3n) is 2.58. The first-order valence-corrected chi connectivity index (χ1v) is 7.55. The molecule has 0 aliphatic heterocycles. The molecule has 7 heteroatoms. The first kappa shape index (κ1) is 14.3. The van der Waals surface area contributed by atoms with Crippen molar-refractivity contribution in [3.8, 4) is 0 Å². The van der Waals surface area contributed by atoms with E-state index in [-0.39, 0.29) is 11.5 Å². The van der Waals surface area contributed by atoms with Gasteiger partial charge in [-0.15, -0.1) is 0 Å². The van der Waals surface area contributed by atoms with Crippen molar-refractivity contribution >= 4 is 21.5 Å². The van der Waals surface area contributed by atoms with E-state index >= 15 is 0 Å². The molecule has 0 unspecified atom stereocenters. The van der Waals surface area contributed by atoms with Crippen LogP contribution in [0.2, 0.25) is 0 Å². The van der Waals surface area contributed by atoms with Crippen LogP contribution in [0.3, 0.4) is 0 Å². The molecule has 0 aliphatic carbocycles. The van der Waals surface area contributed by atoms with E-state index < -0.39 is 10.0 Å². The number of sulfonamides is 1. The Hall–Kier alpha value is -2.15. The lowest BCUT2D eigenvalue weighted by atomic mass is 10.1. The molecular weight excluding hydrogens is 280 g/mol. The molecule has 106 valence electrons. The SMILES string of the molecule is CC(=O)c1ccc(NS(=O)(=O)Cc2cc(C)on2)cc1. The Balaban J connectivity index is 2.09. The summed E-state index contributed by atoms with van der Waals surface area (Å²) in [6.45, 7) is 3.14. The lowest BCUT2D eigenvalue weighted by Crippen LogP contribution is -2.15. The average Bonchev–Trinajstić information content (AvgIpc) is 2.73. The molecule has 6 nitrogen and oxygen atoms in total. The highest BCUT2D eigenvalue weighted by Crippen LogP contribution is 2.14. The molecule has 0 amide bonds. The van der Waals surface area contributed by atoms with Crippen molar-refractivity contribution in [2.24, 2.45) is 0 Å². The Bertz CT molecular complexity index is 717. The lowest BCUT2D eigenvalue weighted by Gasteiger charge is -2.06. The summed E-state index contributed by atoms with van der Waals surface area (Å²) in [6.07, 6.45) is 0. The van der Waals surface area contributed by atoms with E-state index in [2.05, 4.69) is 9.88 Å². The number of carbonyl (C=O) groups excluding carboxylic acids is 1. The summed E-state index contributed by atoms with van der Waals surface area (Å²) in [4.78, 5) is 11.1. The Morgan fingerprint density at radius 2 is 1.95 bits per heavy atom. The number of carbonyl (C=O) groups is 1. The fourth-order valence-corrected chi connectivity index (χ4v) is 2.76. The highest BCUT2D eigenvalue weighted by molar-refractivity contribution is 7.91. The van der Waals surface area contributed by atoms with Crippen molar-refractivity contribution in [2.75, 3.05) is 4.72 Å². The molecule has 1 aromatic carbocycles. The van der Waals surface area contributed by atoms with Crippen molar-refractivity contribution in [3.05, 3.63) is 47.3 Å². The second-order valence-corrected chi connectivity index (χ2v) is 6.15. The van der Waals surface area contributed by atoms with Crippen LogP contribution in [-0.4, -0.2) is 19.4 Å². The Morgan fingerprint density at radius 3 is 2.45 bits per heavy atom. The summed E-state index contributed by atoms with van der Waals surface area (Å²) in [5, 5.41) is 3.64. The van der Waals surface area contributed by atoms with E-state index in [1.165, 1.54) is 6.92 Å². The molecule has 0 saturated carbocycles. The molecule has 0 aliphatic rings. The number of nitrogens with zero attached hydrogens (tertiary/aromatic N) is 1. The largest absolute Gasteiger partial charge is 0.361 e. The number of rotatable bonds is 5. The fourth-order valence-electron chi connectivity index (χ4n) is 1.67. The average molecular weight is 294 g/mol. The highest BCUT2D eigenvalue weighted by Gasteiger charge is 2.14. The number of aromatic nitrogens is 1. The minimum atomic E-state index is -3.56. The zero-order chi connectivity index (χ0) is 14.8. The van der Waals surface area contributed by atoms with Gasteiger partial charge >= 0.3 is 0 Å². The van der Waals surface area contributed by atoms with Gasteiger partial charge in [-0.25, -0.2) is 8.42 Å². The standard InChI is InChI=1S/C13H14N2O4S/c1-9-7-13(14-19-9)8-20(17,18)15-12-5-3-11(4-6-12)10(2)16/h3-7,15H,8H2,1-2H3. The summed E-state index contributed by atoms with van der Waals surface area (Å²) >= 11 is 0. The second-order valence-electron chi connectivity index (χ2n) is 4.42. The zero-order valence-corrected chi connectivity index (χ0v) is 11.9. The van der Waals surface area contributed by atoms with Gasteiger partial charge in [0, 0.05) is 17.3 Å². The van der Waals surface area contributed by atoms with Crippen molar-refractivity contribution < 1.29 is 17.7 Å². The molecule has 0 saturated heterocycles. The number of hydrogen-bond acceptors (Lipinski definition) is 5. The summed E-state index contributed by atoms with van der Waals surface area (Å²) in [5.74, 6) is 0.220. The maximum atomic E-state index is 11.9.